The highest BCUT2D eigenvalue weighted by atomic mass is 19.4. The molecule has 5 rings (SSSR count). The molecule has 44 heavy (non-hydrogen) atoms. The fourth-order valence-electron chi connectivity index (χ4n) is 5.47. The number of piperazine rings is 1. The zero-order valence-corrected chi connectivity index (χ0v) is 24.9. The van der Waals surface area contributed by atoms with Gasteiger partial charge in [-0.2, -0.15) is 13.2 Å². The Kier molecular flexibility index (Phi) is 9.26. The summed E-state index contributed by atoms with van der Waals surface area (Å²) in [5.74, 6) is -1.51. The first kappa shape index (κ1) is 31.5. The smallest absolute Gasteiger partial charge is 0.417 e. The van der Waals surface area contributed by atoms with Crippen molar-refractivity contribution in [2.75, 3.05) is 50.7 Å². The molecule has 2 aliphatic rings. The lowest BCUT2D eigenvalue weighted by atomic mass is 10.0. The molecule has 2 aliphatic heterocycles. The predicted molar refractivity (Wildman–Crippen MR) is 157 cm³/mol. The van der Waals surface area contributed by atoms with Crippen LogP contribution in [0.5, 0.6) is 11.8 Å². The molecule has 2 aromatic heterocycles. The van der Waals surface area contributed by atoms with Crippen LogP contribution in [-0.4, -0.2) is 79.4 Å². The molecule has 2 saturated heterocycles. The summed E-state index contributed by atoms with van der Waals surface area (Å²) < 4.78 is 73.7. The van der Waals surface area contributed by atoms with Crippen molar-refractivity contribution in [3.05, 3.63) is 59.7 Å². The number of aromatic nitrogens is 2. The highest BCUT2D eigenvalue weighted by Crippen LogP contribution is 2.38. The summed E-state index contributed by atoms with van der Waals surface area (Å²) in [6.45, 7) is 6.30. The minimum Gasteiger partial charge on any atom is -0.481 e. The van der Waals surface area contributed by atoms with E-state index in [1.165, 1.54) is 25.4 Å². The van der Waals surface area contributed by atoms with Gasteiger partial charge in [-0.15, -0.1) is 0 Å². The summed E-state index contributed by atoms with van der Waals surface area (Å²) in [5, 5.41) is 2.62. The van der Waals surface area contributed by atoms with Gasteiger partial charge in [0.2, 0.25) is 11.8 Å². The molecule has 2 fully saturated rings. The number of nitrogens with one attached hydrogen (secondary N) is 1. The third-order valence-corrected chi connectivity index (χ3v) is 8.18. The highest BCUT2D eigenvalue weighted by Gasteiger charge is 2.37. The lowest BCUT2D eigenvalue weighted by molar-refractivity contribution is -0.138. The van der Waals surface area contributed by atoms with Crippen LogP contribution >= 0.6 is 0 Å². The standard InChI is InChI=1S/C31H35F4N5O4/c1-18-16-40(17-19(2)39(18)3)27-13-25(32)22(20-5-6-28(36-14-20)44-21-7-9-43-10-8-21)11-26(27)38-30(41)23-15-37-29(42-4)12-24(23)31(33,34)35/h5-6,11-15,18-19,21H,7-10,16-17H2,1-4H3,(H,38,41). The minimum absolute atomic E-state index is 0.0256. The van der Waals surface area contributed by atoms with E-state index >= 15 is 4.39 Å². The molecular weight excluding hydrogens is 582 g/mol. The number of benzene rings is 1. The lowest BCUT2D eigenvalue weighted by Gasteiger charge is -2.44. The Morgan fingerprint density at radius 1 is 1.02 bits per heavy atom. The molecule has 0 saturated carbocycles. The Balaban J connectivity index is 1.51. The van der Waals surface area contributed by atoms with Crippen LogP contribution in [0.4, 0.5) is 28.9 Å². The Morgan fingerprint density at radius 2 is 1.70 bits per heavy atom. The number of rotatable bonds is 7. The van der Waals surface area contributed by atoms with E-state index in [0.717, 1.165) is 19.0 Å². The molecule has 2 unspecified atom stereocenters. The van der Waals surface area contributed by atoms with Gasteiger partial charge >= 0.3 is 6.18 Å². The molecule has 3 aromatic rings. The summed E-state index contributed by atoms with van der Waals surface area (Å²) >= 11 is 0. The molecule has 4 heterocycles. The lowest BCUT2D eigenvalue weighted by Crippen LogP contribution is -2.55. The van der Waals surface area contributed by atoms with Gasteiger partial charge in [-0.05, 0) is 39.1 Å². The molecule has 13 heteroatoms. The Labute approximate surface area is 253 Å². The number of likely N-dealkylation sites (N-methyl/N-ethyl adjacent to an activating group) is 1. The molecule has 0 bridgehead atoms. The van der Waals surface area contributed by atoms with Crippen molar-refractivity contribution in [1.29, 1.82) is 0 Å². The highest BCUT2D eigenvalue weighted by molar-refractivity contribution is 6.07. The van der Waals surface area contributed by atoms with Crippen molar-refractivity contribution in [3.63, 3.8) is 0 Å². The van der Waals surface area contributed by atoms with E-state index in [-0.39, 0.29) is 35.3 Å². The summed E-state index contributed by atoms with van der Waals surface area (Å²) in [6.07, 6.45) is -1.10. The molecular formula is C31H35F4N5O4. The van der Waals surface area contributed by atoms with E-state index in [4.69, 9.17) is 14.2 Å². The second-order valence-electron chi connectivity index (χ2n) is 11.2. The van der Waals surface area contributed by atoms with Crippen molar-refractivity contribution < 1.29 is 36.6 Å². The number of ether oxygens (including phenoxy) is 3. The summed E-state index contributed by atoms with van der Waals surface area (Å²) in [5.41, 5.74) is -0.849. The Hall–Kier alpha value is -3.97. The number of carbonyl (C=O) groups is 1. The number of pyridine rings is 2. The zero-order valence-electron chi connectivity index (χ0n) is 24.9. The molecule has 1 N–H and O–H groups in total. The predicted octanol–water partition coefficient (Wildman–Crippen LogP) is 5.65. The van der Waals surface area contributed by atoms with Crippen LogP contribution in [-0.2, 0) is 10.9 Å². The largest absolute Gasteiger partial charge is 0.481 e. The van der Waals surface area contributed by atoms with Gasteiger partial charge < -0.3 is 24.4 Å². The maximum atomic E-state index is 15.8. The molecule has 0 aliphatic carbocycles. The van der Waals surface area contributed by atoms with Gasteiger partial charge in [-0.1, -0.05) is 0 Å². The molecule has 1 amide bonds. The van der Waals surface area contributed by atoms with Crippen LogP contribution in [0.3, 0.4) is 0 Å². The molecule has 2 atom stereocenters. The average Bonchev–Trinajstić information content (AvgIpc) is 3.00. The van der Waals surface area contributed by atoms with Gasteiger partial charge in [-0.25, -0.2) is 14.4 Å². The van der Waals surface area contributed by atoms with Crippen LogP contribution in [0, 0.1) is 5.82 Å². The van der Waals surface area contributed by atoms with Gasteiger partial charge in [0.05, 0.1) is 42.8 Å². The SMILES string of the molecule is COc1cc(C(F)(F)F)c(C(=O)Nc2cc(-c3ccc(OC4CCOCC4)nc3)c(F)cc2N2CC(C)N(C)C(C)C2)cn1. The van der Waals surface area contributed by atoms with E-state index < -0.39 is 29.0 Å². The monoisotopic (exact) mass is 617 g/mol. The first-order valence-corrected chi connectivity index (χ1v) is 14.4. The molecule has 236 valence electrons. The molecule has 0 radical (unpaired) electrons. The zero-order chi connectivity index (χ0) is 31.6. The maximum absolute atomic E-state index is 15.8. The maximum Gasteiger partial charge on any atom is 0.417 e. The van der Waals surface area contributed by atoms with E-state index in [0.29, 0.717) is 49.5 Å². The number of hydrogen-bond acceptors (Lipinski definition) is 8. The number of alkyl halides is 3. The van der Waals surface area contributed by atoms with Crippen molar-refractivity contribution >= 4 is 17.3 Å². The number of carbonyl (C=O) groups excluding carboxylic acids is 1. The minimum atomic E-state index is -4.85. The number of halogens is 4. The van der Waals surface area contributed by atoms with Gasteiger partial charge in [0.1, 0.15) is 11.9 Å². The van der Waals surface area contributed by atoms with Crippen LogP contribution < -0.4 is 19.7 Å². The van der Waals surface area contributed by atoms with Gasteiger partial charge in [0.15, 0.2) is 0 Å². The van der Waals surface area contributed by atoms with Crippen molar-refractivity contribution in [3.8, 4) is 22.9 Å². The van der Waals surface area contributed by atoms with Gasteiger partial charge in [-0.3, -0.25) is 9.69 Å². The van der Waals surface area contributed by atoms with E-state index in [1.54, 1.807) is 12.1 Å². The second-order valence-corrected chi connectivity index (χ2v) is 11.2. The fraction of sp³-hybridized carbons (Fsp3) is 0.452. The number of methoxy groups -OCH3 is 1. The third-order valence-electron chi connectivity index (χ3n) is 8.18. The van der Waals surface area contributed by atoms with Gasteiger partial charge in [0.25, 0.3) is 5.91 Å². The first-order valence-electron chi connectivity index (χ1n) is 14.4. The fourth-order valence-corrected chi connectivity index (χ4v) is 5.47. The number of hydrogen-bond donors (Lipinski definition) is 1. The van der Waals surface area contributed by atoms with Crippen molar-refractivity contribution in [2.24, 2.45) is 0 Å². The average molecular weight is 618 g/mol. The van der Waals surface area contributed by atoms with Crippen LogP contribution in [0.1, 0.15) is 42.6 Å². The number of nitrogens with zero attached hydrogens (tertiary/aromatic N) is 4. The summed E-state index contributed by atoms with van der Waals surface area (Å²) in [4.78, 5) is 25.7. The van der Waals surface area contributed by atoms with E-state index in [2.05, 4.69) is 20.2 Å². The molecule has 9 nitrogen and oxygen atoms in total. The third kappa shape index (κ3) is 6.88. The topological polar surface area (TPSA) is 89.0 Å². The quantitative estimate of drug-likeness (QED) is 0.341. The second kappa shape index (κ2) is 12.9. The van der Waals surface area contributed by atoms with Crippen LogP contribution in [0.2, 0.25) is 0 Å². The molecule has 1 aromatic carbocycles. The van der Waals surface area contributed by atoms with Crippen molar-refractivity contribution in [1.82, 2.24) is 14.9 Å². The normalized spacial score (nSPS) is 20.0. The van der Waals surface area contributed by atoms with Gasteiger partial charge in [0, 0.05) is 73.7 Å². The van der Waals surface area contributed by atoms with Crippen LogP contribution in [0.25, 0.3) is 11.1 Å². The van der Waals surface area contributed by atoms with Crippen molar-refractivity contribution in [2.45, 2.75) is 51.1 Å². The van der Waals surface area contributed by atoms with E-state index in [1.807, 2.05) is 25.8 Å². The van der Waals surface area contributed by atoms with E-state index in [9.17, 15) is 18.0 Å². The number of amides is 1. The summed E-state index contributed by atoms with van der Waals surface area (Å²) in [6, 6.07) is 6.89. The Morgan fingerprint density at radius 3 is 2.32 bits per heavy atom. The number of anilines is 2. The Bertz CT molecular complexity index is 1470. The summed E-state index contributed by atoms with van der Waals surface area (Å²) in [7, 11) is 3.18. The molecule has 0 spiro atoms. The van der Waals surface area contributed by atoms with Crippen LogP contribution in [0.15, 0.2) is 42.7 Å². The first-order chi connectivity index (χ1) is 20.9.